The van der Waals surface area contributed by atoms with Gasteiger partial charge in [-0.25, -0.2) is 0 Å². The Morgan fingerprint density at radius 3 is 2.59 bits per heavy atom. The number of aryl methyl sites for hydroxylation is 1. The van der Waals surface area contributed by atoms with E-state index in [2.05, 4.69) is 10.1 Å². The summed E-state index contributed by atoms with van der Waals surface area (Å²) in [6, 6.07) is 3.82. The van der Waals surface area contributed by atoms with Crippen molar-refractivity contribution in [2.24, 2.45) is 11.8 Å². The van der Waals surface area contributed by atoms with Crippen LogP contribution in [0.3, 0.4) is 0 Å². The Hall–Kier alpha value is -2.70. The molecule has 2 aliphatic heterocycles. The Labute approximate surface area is 171 Å². The second-order valence-electron chi connectivity index (χ2n) is 8.38. The van der Waals surface area contributed by atoms with Gasteiger partial charge in [0.15, 0.2) is 0 Å². The lowest BCUT2D eigenvalue weighted by atomic mass is 9.84. The Bertz CT molecular complexity index is 850. The molecule has 7 nitrogen and oxygen atoms in total. The van der Waals surface area contributed by atoms with Gasteiger partial charge in [-0.2, -0.15) is 5.10 Å². The maximum Gasteiger partial charge on any atom is 0.244 e. The molecule has 0 saturated carbocycles. The molecule has 4 rings (SSSR count). The van der Waals surface area contributed by atoms with Gasteiger partial charge in [0.2, 0.25) is 11.8 Å². The molecule has 2 fully saturated rings. The quantitative estimate of drug-likeness (QED) is 0.775. The van der Waals surface area contributed by atoms with Crippen molar-refractivity contribution in [1.29, 1.82) is 0 Å². The highest BCUT2D eigenvalue weighted by Gasteiger charge is 2.35. The second kappa shape index (κ2) is 8.76. The van der Waals surface area contributed by atoms with Crippen LogP contribution in [0, 0.1) is 18.8 Å². The largest absolute Gasteiger partial charge is 0.342 e. The summed E-state index contributed by atoms with van der Waals surface area (Å²) in [6.45, 7) is 5.54. The lowest BCUT2D eigenvalue weighted by Crippen LogP contribution is -2.43. The highest BCUT2D eigenvalue weighted by Crippen LogP contribution is 2.31. The van der Waals surface area contributed by atoms with Gasteiger partial charge in [-0.15, -0.1) is 0 Å². The first kappa shape index (κ1) is 19.6. The summed E-state index contributed by atoms with van der Waals surface area (Å²) in [4.78, 5) is 33.4. The van der Waals surface area contributed by atoms with E-state index in [1.54, 1.807) is 23.3 Å². The van der Waals surface area contributed by atoms with Crippen molar-refractivity contribution < 1.29 is 9.59 Å². The molecule has 2 amide bonds. The van der Waals surface area contributed by atoms with Crippen LogP contribution in [-0.4, -0.2) is 62.6 Å². The first-order chi connectivity index (χ1) is 14.1. The number of hydrogen-bond acceptors (Lipinski definition) is 4. The molecule has 0 aliphatic carbocycles. The number of pyridine rings is 1. The number of hydrogen-bond donors (Lipinski definition) is 0. The molecule has 2 atom stereocenters. The van der Waals surface area contributed by atoms with Gasteiger partial charge in [0.1, 0.15) is 6.54 Å². The molecule has 2 saturated heterocycles. The molecule has 29 heavy (non-hydrogen) atoms. The third-order valence-electron chi connectivity index (χ3n) is 6.19. The average Bonchev–Trinajstić information content (AvgIpc) is 3.38. The maximum atomic E-state index is 12.7. The van der Waals surface area contributed by atoms with Gasteiger partial charge in [-0.1, -0.05) is 6.07 Å². The minimum atomic E-state index is 0.135. The van der Waals surface area contributed by atoms with Gasteiger partial charge in [-0.3, -0.25) is 19.3 Å². The minimum Gasteiger partial charge on any atom is -0.342 e. The lowest BCUT2D eigenvalue weighted by molar-refractivity contribution is -0.133. The van der Waals surface area contributed by atoms with Crippen molar-refractivity contribution in [3.8, 4) is 0 Å². The summed E-state index contributed by atoms with van der Waals surface area (Å²) < 4.78 is 1.71. The van der Waals surface area contributed by atoms with Crippen LogP contribution in [0.15, 0.2) is 36.9 Å². The summed E-state index contributed by atoms with van der Waals surface area (Å²) >= 11 is 0. The van der Waals surface area contributed by atoms with Crippen molar-refractivity contribution in [2.75, 3.05) is 26.2 Å². The standard InChI is InChI=1S/C22H29N5O2/c1-17-11-24-27(13-17)16-22(29)26-9-6-20(15-26)19-5-3-8-25(14-19)21(28)10-18-4-2-7-23-12-18/h2,4,7,11-13,19-20H,3,5-6,8-10,14-16H2,1H3. The summed E-state index contributed by atoms with van der Waals surface area (Å²) in [7, 11) is 0. The number of carbonyl (C=O) groups excluding carboxylic acids is 2. The molecule has 154 valence electrons. The van der Waals surface area contributed by atoms with E-state index in [1.165, 1.54) is 0 Å². The lowest BCUT2D eigenvalue weighted by Gasteiger charge is -2.36. The second-order valence-corrected chi connectivity index (χ2v) is 8.38. The fourth-order valence-electron chi connectivity index (χ4n) is 4.60. The van der Waals surface area contributed by atoms with Crippen LogP contribution in [-0.2, 0) is 22.6 Å². The van der Waals surface area contributed by atoms with Crippen LogP contribution >= 0.6 is 0 Å². The van der Waals surface area contributed by atoms with E-state index in [0.29, 0.717) is 24.8 Å². The van der Waals surface area contributed by atoms with Gasteiger partial charge >= 0.3 is 0 Å². The molecule has 2 aromatic heterocycles. The normalized spacial score (nSPS) is 22.1. The number of aromatic nitrogens is 3. The number of amides is 2. The predicted octanol–water partition coefficient (Wildman–Crippen LogP) is 1.92. The molecule has 2 aliphatic rings. The van der Waals surface area contributed by atoms with Crippen LogP contribution in [0.4, 0.5) is 0 Å². The predicted molar refractivity (Wildman–Crippen MR) is 109 cm³/mol. The van der Waals surface area contributed by atoms with Crippen molar-refractivity contribution in [2.45, 2.75) is 39.2 Å². The van der Waals surface area contributed by atoms with Crippen LogP contribution in [0.1, 0.15) is 30.4 Å². The first-order valence-electron chi connectivity index (χ1n) is 10.5. The van der Waals surface area contributed by atoms with E-state index in [0.717, 1.165) is 56.6 Å². The molecular weight excluding hydrogens is 366 g/mol. The Balaban J connectivity index is 1.29. The summed E-state index contributed by atoms with van der Waals surface area (Å²) in [5, 5.41) is 4.22. The van der Waals surface area contributed by atoms with Crippen molar-refractivity contribution in [3.05, 3.63) is 48.0 Å². The summed E-state index contributed by atoms with van der Waals surface area (Å²) in [5.74, 6) is 1.28. The van der Waals surface area contributed by atoms with Crippen molar-refractivity contribution in [3.63, 3.8) is 0 Å². The molecule has 0 aromatic carbocycles. The molecule has 0 bridgehead atoms. The number of likely N-dealkylation sites (tertiary alicyclic amines) is 2. The number of piperidine rings is 1. The van der Waals surface area contributed by atoms with E-state index in [9.17, 15) is 9.59 Å². The van der Waals surface area contributed by atoms with Crippen molar-refractivity contribution in [1.82, 2.24) is 24.6 Å². The molecule has 2 unspecified atom stereocenters. The van der Waals surface area contributed by atoms with Gasteiger partial charge in [-0.05, 0) is 55.2 Å². The van der Waals surface area contributed by atoms with Gasteiger partial charge in [0.05, 0.1) is 12.6 Å². The first-order valence-corrected chi connectivity index (χ1v) is 10.5. The number of carbonyl (C=O) groups is 2. The fourth-order valence-corrected chi connectivity index (χ4v) is 4.60. The van der Waals surface area contributed by atoms with E-state index in [-0.39, 0.29) is 11.8 Å². The van der Waals surface area contributed by atoms with Crippen LogP contribution in [0.25, 0.3) is 0 Å². The summed E-state index contributed by atoms with van der Waals surface area (Å²) in [6.07, 6.45) is 10.8. The zero-order chi connectivity index (χ0) is 20.2. The zero-order valence-corrected chi connectivity index (χ0v) is 17.0. The molecule has 0 radical (unpaired) electrons. The average molecular weight is 396 g/mol. The molecule has 4 heterocycles. The van der Waals surface area contributed by atoms with Crippen molar-refractivity contribution >= 4 is 11.8 Å². The van der Waals surface area contributed by atoms with Crippen LogP contribution < -0.4 is 0 Å². The van der Waals surface area contributed by atoms with E-state index in [1.807, 2.05) is 35.1 Å². The third-order valence-corrected chi connectivity index (χ3v) is 6.19. The van der Waals surface area contributed by atoms with Gasteiger partial charge < -0.3 is 9.80 Å². The zero-order valence-electron chi connectivity index (χ0n) is 17.0. The van der Waals surface area contributed by atoms with E-state index in [4.69, 9.17) is 0 Å². The maximum absolute atomic E-state index is 12.7. The van der Waals surface area contributed by atoms with E-state index >= 15 is 0 Å². The number of nitrogens with zero attached hydrogens (tertiary/aromatic N) is 5. The monoisotopic (exact) mass is 395 g/mol. The molecule has 0 N–H and O–H groups in total. The Morgan fingerprint density at radius 2 is 1.86 bits per heavy atom. The molecule has 7 heteroatoms. The van der Waals surface area contributed by atoms with Crippen LogP contribution in [0.2, 0.25) is 0 Å². The van der Waals surface area contributed by atoms with Crippen LogP contribution in [0.5, 0.6) is 0 Å². The fraction of sp³-hybridized carbons (Fsp3) is 0.545. The third kappa shape index (κ3) is 4.83. The molecule has 0 spiro atoms. The minimum absolute atomic E-state index is 0.135. The Morgan fingerprint density at radius 1 is 1.07 bits per heavy atom. The smallest absolute Gasteiger partial charge is 0.244 e. The number of rotatable bonds is 5. The Kier molecular flexibility index (Phi) is 5.92. The summed E-state index contributed by atoms with van der Waals surface area (Å²) in [5.41, 5.74) is 2.03. The highest BCUT2D eigenvalue weighted by molar-refractivity contribution is 5.78. The van der Waals surface area contributed by atoms with E-state index < -0.39 is 0 Å². The highest BCUT2D eigenvalue weighted by atomic mass is 16.2. The topological polar surface area (TPSA) is 71.3 Å². The molecular formula is C22H29N5O2. The SMILES string of the molecule is Cc1cnn(CC(=O)N2CCC(C3CCCN(C(=O)Cc4cccnc4)C3)C2)c1. The van der Waals surface area contributed by atoms with Gasteiger partial charge in [0.25, 0.3) is 0 Å². The van der Waals surface area contributed by atoms with Gasteiger partial charge in [0, 0.05) is 44.8 Å². The molecule has 2 aromatic rings.